The fourth-order valence-electron chi connectivity index (χ4n) is 4.31. The van der Waals surface area contributed by atoms with Crippen molar-refractivity contribution in [1.29, 1.82) is 0 Å². The van der Waals surface area contributed by atoms with Crippen molar-refractivity contribution < 1.29 is 28.8 Å². The van der Waals surface area contributed by atoms with Crippen LogP contribution in [0.25, 0.3) is 5.57 Å². The molecule has 7 heteroatoms. The monoisotopic (exact) mass is 375 g/mol. The highest BCUT2D eigenvalue weighted by atomic mass is 16.6. The van der Waals surface area contributed by atoms with Crippen molar-refractivity contribution in [3.63, 3.8) is 0 Å². The van der Waals surface area contributed by atoms with E-state index in [0.717, 1.165) is 5.57 Å². The lowest BCUT2D eigenvalue weighted by Crippen LogP contribution is -2.61. The summed E-state index contributed by atoms with van der Waals surface area (Å²) in [6.07, 6.45) is 2.38. The molecule has 1 fully saturated rings. The summed E-state index contributed by atoms with van der Waals surface area (Å²) in [6, 6.07) is 1.47. The van der Waals surface area contributed by atoms with E-state index in [1.165, 1.54) is 14.2 Å². The van der Waals surface area contributed by atoms with Gasteiger partial charge in [-0.2, -0.15) is 0 Å². The molecule has 1 aliphatic carbocycles. The van der Waals surface area contributed by atoms with Gasteiger partial charge in [-0.15, -0.1) is 0 Å². The van der Waals surface area contributed by atoms with Crippen LogP contribution >= 0.6 is 0 Å². The summed E-state index contributed by atoms with van der Waals surface area (Å²) in [5, 5.41) is 10.7. The lowest BCUT2D eigenvalue weighted by atomic mass is 9.78. The zero-order chi connectivity index (χ0) is 19.5. The number of rotatable bonds is 2. The molecule has 27 heavy (non-hydrogen) atoms. The zero-order valence-electron chi connectivity index (χ0n) is 16.2. The highest BCUT2D eigenvalue weighted by molar-refractivity contribution is 6.07. The number of nitrogens with zero attached hydrogens (tertiary/aromatic N) is 1. The van der Waals surface area contributed by atoms with E-state index in [1.54, 1.807) is 18.0 Å². The van der Waals surface area contributed by atoms with Crippen molar-refractivity contribution in [2.45, 2.75) is 44.1 Å². The first-order valence-corrected chi connectivity index (χ1v) is 9.04. The third-order valence-corrected chi connectivity index (χ3v) is 5.57. The molecule has 0 aromatic heterocycles. The number of phenols is 1. The van der Waals surface area contributed by atoms with Crippen LogP contribution in [-0.4, -0.2) is 67.6 Å². The number of benzene rings is 1. The number of aromatic hydroxyl groups is 1. The molecule has 1 aromatic rings. The number of methoxy groups -OCH3 is 2. The van der Waals surface area contributed by atoms with Gasteiger partial charge in [0.05, 0.1) is 44.1 Å². The van der Waals surface area contributed by atoms with Crippen LogP contribution < -0.4 is 9.47 Å². The molecule has 0 saturated carbocycles. The normalized spacial score (nSPS) is 28.6. The Labute approximate surface area is 158 Å². The van der Waals surface area contributed by atoms with Crippen molar-refractivity contribution in [1.82, 2.24) is 4.90 Å². The third-order valence-electron chi connectivity index (χ3n) is 5.57. The van der Waals surface area contributed by atoms with Crippen molar-refractivity contribution in [3.8, 4) is 17.2 Å². The van der Waals surface area contributed by atoms with Crippen molar-refractivity contribution in [2.24, 2.45) is 0 Å². The standard InChI is InChI=1S/C20H25NO6/c1-20(2)9-26-12-7-6-10-11-8-13(24-4)18(25-5)16(22)14(11)19(23)21(3)15(10)17(12)27-20/h6,8,12,15,17,22H,7,9H2,1-5H3. The second-order valence-corrected chi connectivity index (χ2v) is 7.83. The number of ether oxygens (including phenoxy) is 4. The number of carbonyl (C=O) groups is 1. The van der Waals surface area contributed by atoms with Gasteiger partial charge in [0.1, 0.15) is 6.10 Å². The van der Waals surface area contributed by atoms with E-state index < -0.39 is 5.60 Å². The minimum atomic E-state index is -0.423. The number of likely N-dealkylation sites (N-methyl/N-ethyl adjacent to an activating group) is 1. The number of hydrogen-bond donors (Lipinski definition) is 1. The topological polar surface area (TPSA) is 77.5 Å². The lowest BCUT2D eigenvalue weighted by molar-refractivity contribution is -0.227. The fourth-order valence-corrected chi connectivity index (χ4v) is 4.31. The van der Waals surface area contributed by atoms with Gasteiger partial charge in [-0.25, -0.2) is 0 Å². The van der Waals surface area contributed by atoms with E-state index in [-0.39, 0.29) is 41.2 Å². The van der Waals surface area contributed by atoms with Crippen LogP contribution in [0.4, 0.5) is 0 Å². The summed E-state index contributed by atoms with van der Waals surface area (Å²) in [7, 11) is 4.67. The molecule has 3 aliphatic rings. The average Bonchev–Trinajstić information content (AvgIpc) is 2.63. The van der Waals surface area contributed by atoms with Gasteiger partial charge in [-0.1, -0.05) is 6.08 Å². The maximum Gasteiger partial charge on any atom is 0.258 e. The highest BCUT2D eigenvalue weighted by Gasteiger charge is 2.50. The van der Waals surface area contributed by atoms with E-state index >= 15 is 0 Å². The molecule has 1 N–H and O–H groups in total. The minimum Gasteiger partial charge on any atom is -0.504 e. The minimum absolute atomic E-state index is 0.0997. The molecule has 1 aromatic carbocycles. The maximum absolute atomic E-state index is 13.1. The molecule has 146 valence electrons. The molecule has 7 nitrogen and oxygen atoms in total. The van der Waals surface area contributed by atoms with Crippen LogP contribution in [0.2, 0.25) is 0 Å². The molecule has 3 atom stereocenters. The van der Waals surface area contributed by atoms with Gasteiger partial charge in [0.25, 0.3) is 5.91 Å². The molecule has 0 spiro atoms. The number of fused-ring (bicyclic) bond motifs is 5. The predicted octanol–water partition coefficient (Wildman–Crippen LogP) is 2.21. The van der Waals surface area contributed by atoms with E-state index in [1.807, 2.05) is 13.8 Å². The predicted molar refractivity (Wildman–Crippen MR) is 98.4 cm³/mol. The van der Waals surface area contributed by atoms with Gasteiger partial charge in [0, 0.05) is 7.05 Å². The molecule has 4 rings (SSSR count). The third kappa shape index (κ3) is 2.60. The van der Waals surface area contributed by atoms with Gasteiger partial charge in [0.2, 0.25) is 5.75 Å². The summed E-state index contributed by atoms with van der Waals surface area (Å²) < 4.78 is 23.0. The van der Waals surface area contributed by atoms with Gasteiger partial charge in [-0.3, -0.25) is 4.79 Å². The Morgan fingerprint density at radius 2 is 2.04 bits per heavy atom. The van der Waals surface area contributed by atoms with Crippen LogP contribution in [-0.2, 0) is 9.47 Å². The molecular weight excluding hydrogens is 350 g/mol. The van der Waals surface area contributed by atoms with Gasteiger partial charge in [0.15, 0.2) is 11.5 Å². The molecule has 1 saturated heterocycles. The van der Waals surface area contributed by atoms with Crippen LogP contribution in [0.5, 0.6) is 17.2 Å². The van der Waals surface area contributed by atoms with Gasteiger partial charge >= 0.3 is 0 Å². The van der Waals surface area contributed by atoms with Crippen LogP contribution in [0.1, 0.15) is 36.2 Å². The summed E-state index contributed by atoms with van der Waals surface area (Å²) in [5.74, 6) is 0.0580. The molecule has 2 heterocycles. The van der Waals surface area contributed by atoms with Crippen LogP contribution in [0.3, 0.4) is 0 Å². The highest BCUT2D eigenvalue weighted by Crippen LogP contribution is 2.49. The number of amides is 1. The largest absolute Gasteiger partial charge is 0.504 e. The summed E-state index contributed by atoms with van der Waals surface area (Å²) in [4.78, 5) is 14.8. The number of carbonyl (C=O) groups excluding carboxylic acids is 1. The molecule has 3 unspecified atom stereocenters. The van der Waals surface area contributed by atoms with E-state index in [4.69, 9.17) is 18.9 Å². The summed E-state index contributed by atoms with van der Waals surface area (Å²) in [5.41, 5.74) is 1.40. The Balaban J connectivity index is 1.88. The smallest absolute Gasteiger partial charge is 0.258 e. The molecular formula is C20H25NO6. The average molecular weight is 375 g/mol. The summed E-state index contributed by atoms with van der Waals surface area (Å²) in [6.45, 7) is 4.49. The van der Waals surface area contributed by atoms with Crippen LogP contribution in [0.15, 0.2) is 12.1 Å². The fraction of sp³-hybridized carbons (Fsp3) is 0.550. The first-order chi connectivity index (χ1) is 12.8. The van der Waals surface area contributed by atoms with Crippen LogP contribution in [0, 0.1) is 0 Å². The van der Waals surface area contributed by atoms with E-state index in [2.05, 4.69) is 6.08 Å². The van der Waals surface area contributed by atoms with E-state index in [0.29, 0.717) is 24.3 Å². The zero-order valence-corrected chi connectivity index (χ0v) is 16.2. The number of hydrogen-bond acceptors (Lipinski definition) is 6. The lowest BCUT2D eigenvalue weighted by Gasteiger charge is -2.50. The first-order valence-electron chi connectivity index (χ1n) is 9.04. The van der Waals surface area contributed by atoms with Crippen molar-refractivity contribution >= 4 is 11.5 Å². The van der Waals surface area contributed by atoms with Gasteiger partial charge in [-0.05, 0) is 37.5 Å². The molecule has 0 bridgehead atoms. The van der Waals surface area contributed by atoms with Gasteiger partial charge < -0.3 is 29.0 Å². The molecule has 2 aliphatic heterocycles. The first kappa shape index (κ1) is 18.1. The summed E-state index contributed by atoms with van der Waals surface area (Å²) >= 11 is 0. The Morgan fingerprint density at radius 1 is 1.30 bits per heavy atom. The quantitative estimate of drug-likeness (QED) is 0.854. The van der Waals surface area contributed by atoms with E-state index in [9.17, 15) is 9.90 Å². The Bertz CT molecular complexity index is 830. The Hall–Kier alpha value is -2.25. The second kappa shape index (κ2) is 6.14. The second-order valence-electron chi connectivity index (χ2n) is 7.83. The van der Waals surface area contributed by atoms with Crippen molar-refractivity contribution in [3.05, 3.63) is 23.3 Å². The molecule has 0 radical (unpaired) electrons. The maximum atomic E-state index is 13.1. The number of phenolic OH excluding ortho intramolecular Hbond substituents is 1. The SMILES string of the molecule is COc1cc2c(c(O)c1OC)C(=O)N(C)C1C2=CCC2OCC(C)(C)OC21. The Kier molecular flexibility index (Phi) is 4.12. The molecule has 1 amide bonds. The van der Waals surface area contributed by atoms with Crippen molar-refractivity contribution in [2.75, 3.05) is 27.9 Å². The Morgan fingerprint density at radius 3 is 2.70 bits per heavy atom.